The van der Waals surface area contributed by atoms with E-state index in [1.54, 1.807) is 7.05 Å². The standard InChI is InChI=1S/C5H8N2O/c1-4(3-7-2)5(6)8/h3H,1H2,2H3,(H2,6,8). The molecule has 0 radical (unpaired) electrons. The molecule has 44 valence electrons. The molecule has 0 aromatic heterocycles. The predicted octanol–water partition coefficient (Wildman–Crippen LogP) is -0.271. The summed E-state index contributed by atoms with van der Waals surface area (Å²) in [5.74, 6) is -0.532. The van der Waals surface area contributed by atoms with Gasteiger partial charge in [0.15, 0.2) is 0 Å². The first-order chi connectivity index (χ1) is 3.68. The zero-order valence-corrected chi connectivity index (χ0v) is 4.72. The van der Waals surface area contributed by atoms with Gasteiger partial charge in [-0.15, -0.1) is 0 Å². The van der Waals surface area contributed by atoms with Crippen LogP contribution in [0.3, 0.4) is 0 Å². The number of amides is 1. The van der Waals surface area contributed by atoms with Crippen LogP contribution in [0.2, 0.25) is 0 Å². The van der Waals surface area contributed by atoms with Gasteiger partial charge >= 0.3 is 0 Å². The number of carbonyl (C=O) groups excluding carboxylic acids is 1. The van der Waals surface area contributed by atoms with E-state index in [0.717, 1.165) is 0 Å². The summed E-state index contributed by atoms with van der Waals surface area (Å²) in [5.41, 5.74) is 5.02. The van der Waals surface area contributed by atoms with E-state index in [1.807, 2.05) is 0 Å². The molecule has 0 saturated heterocycles. The first-order valence-corrected chi connectivity index (χ1v) is 2.09. The van der Waals surface area contributed by atoms with Crippen LogP contribution in [-0.2, 0) is 4.79 Å². The molecule has 0 heterocycles. The molecule has 3 heteroatoms. The lowest BCUT2D eigenvalue weighted by molar-refractivity contribution is -0.114. The van der Waals surface area contributed by atoms with Crippen LogP contribution in [-0.4, -0.2) is 19.2 Å². The molecule has 0 spiro atoms. The van der Waals surface area contributed by atoms with Crippen molar-refractivity contribution >= 4 is 12.1 Å². The van der Waals surface area contributed by atoms with Crippen molar-refractivity contribution < 1.29 is 4.79 Å². The molecule has 0 bridgehead atoms. The van der Waals surface area contributed by atoms with E-state index in [2.05, 4.69) is 11.6 Å². The molecular weight excluding hydrogens is 104 g/mol. The third-order valence-electron chi connectivity index (χ3n) is 0.601. The van der Waals surface area contributed by atoms with Crippen molar-refractivity contribution in [1.29, 1.82) is 0 Å². The second-order valence-corrected chi connectivity index (χ2v) is 1.28. The van der Waals surface area contributed by atoms with Crippen molar-refractivity contribution in [3.8, 4) is 0 Å². The topological polar surface area (TPSA) is 55.4 Å². The molecule has 8 heavy (non-hydrogen) atoms. The summed E-state index contributed by atoms with van der Waals surface area (Å²) < 4.78 is 0. The molecule has 0 aliphatic heterocycles. The van der Waals surface area contributed by atoms with Crippen molar-refractivity contribution in [2.45, 2.75) is 0 Å². The van der Waals surface area contributed by atoms with E-state index in [1.165, 1.54) is 6.21 Å². The first-order valence-electron chi connectivity index (χ1n) is 2.09. The highest BCUT2D eigenvalue weighted by atomic mass is 16.1. The zero-order valence-electron chi connectivity index (χ0n) is 4.72. The number of hydrogen-bond acceptors (Lipinski definition) is 2. The third-order valence-corrected chi connectivity index (χ3v) is 0.601. The van der Waals surface area contributed by atoms with Gasteiger partial charge in [-0.25, -0.2) is 0 Å². The van der Waals surface area contributed by atoms with Gasteiger partial charge in [0.05, 0.1) is 0 Å². The lowest BCUT2D eigenvalue weighted by atomic mass is 10.3. The average molecular weight is 112 g/mol. The van der Waals surface area contributed by atoms with Crippen molar-refractivity contribution in [1.82, 2.24) is 0 Å². The highest BCUT2D eigenvalue weighted by Crippen LogP contribution is 1.78. The summed E-state index contributed by atoms with van der Waals surface area (Å²) in [6.07, 6.45) is 1.32. The van der Waals surface area contributed by atoms with Gasteiger partial charge in [0, 0.05) is 18.8 Å². The van der Waals surface area contributed by atoms with Crippen LogP contribution in [0.4, 0.5) is 0 Å². The molecule has 0 aliphatic carbocycles. The van der Waals surface area contributed by atoms with Gasteiger partial charge in [-0.2, -0.15) is 0 Å². The fourth-order valence-electron chi connectivity index (χ4n) is 0.219. The summed E-state index contributed by atoms with van der Waals surface area (Å²) in [7, 11) is 1.55. The lowest BCUT2D eigenvalue weighted by Crippen LogP contribution is -2.13. The Morgan fingerprint density at radius 2 is 2.38 bits per heavy atom. The number of aliphatic imine (C=N–C) groups is 1. The summed E-state index contributed by atoms with van der Waals surface area (Å²) in [6.45, 7) is 3.32. The summed E-state index contributed by atoms with van der Waals surface area (Å²) in [5, 5.41) is 0. The van der Waals surface area contributed by atoms with E-state index in [0.29, 0.717) is 0 Å². The molecule has 0 saturated carbocycles. The van der Waals surface area contributed by atoms with Crippen LogP contribution in [0, 0.1) is 0 Å². The van der Waals surface area contributed by atoms with E-state index >= 15 is 0 Å². The van der Waals surface area contributed by atoms with Crippen molar-refractivity contribution in [2.24, 2.45) is 10.7 Å². The maximum atomic E-state index is 10.1. The lowest BCUT2D eigenvalue weighted by Gasteiger charge is -1.85. The Labute approximate surface area is 47.9 Å². The molecule has 0 aromatic carbocycles. The van der Waals surface area contributed by atoms with Gasteiger partial charge in [0.25, 0.3) is 0 Å². The maximum absolute atomic E-state index is 10.1. The molecule has 0 aliphatic rings. The Kier molecular flexibility index (Phi) is 2.54. The van der Waals surface area contributed by atoms with Gasteiger partial charge in [0.2, 0.25) is 5.91 Å². The van der Waals surface area contributed by atoms with Crippen LogP contribution in [0.5, 0.6) is 0 Å². The fourth-order valence-corrected chi connectivity index (χ4v) is 0.219. The molecular formula is C5H8N2O. The molecule has 0 aromatic rings. The van der Waals surface area contributed by atoms with E-state index in [9.17, 15) is 4.79 Å². The minimum absolute atomic E-state index is 0.229. The second-order valence-electron chi connectivity index (χ2n) is 1.28. The van der Waals surface area contributed by atoms with Crippen LogP contribution >= 0.6 is 0 Å². The second kappa shape index (κ2) is 2.96. The SMILES string of the molecule is C=C(C=NC)C(N)=O. The van der Waals surface area contributed by atoms with Gasteiger partial charge in [-0.1, -0.05) is 6.58 Å². The predicted molar refractivity (Wildman–Crippen MR) is 32.8 cm³/mol. The normalized spacial score (nSPS) is 9.62. The number of carbonyl (C=O) groups is 1. The molecule has 0 rings (SSSR count). The smallest absolute Gasteiger partial charge is 0.249 e. The summed E-state index contributed by atoms with van der Waals surface area (Å²) >= 11 is 0. The van der Waals surface area contributed by atoms with E-state index < -0.39 is 5.91 Å². The van der Waals surface area contributed by atoms with Crippen LogP contribution in [0.1, 0.15) is 0 Å². The van der Waals surface area contributed by atoms with Gasteiger partial charge in [0.1, 0.15) is 0 Å². The quantitative estimate of drug-likeness (QED) is 0.388. The number of rotatable bonds is 2. The number of nitrogens with zero attached hydrogens (tertiary/aromatic N) is 1. The summed E-state index contributed by atoms with van der Waals surface area (Å²) in [4.78, 5) is 13.7. The van der Waals surface area contributed by atoms with Crippen molar-refractivity contribution in [2.75, 3.05) is 7.05 Å². The van der Waals surface area contributed by atoms with Crippen LogP contribution in [0.25, 0.3) is 0 Å². The highest BCUT2D eigenvalue weighted by Gasteiger charge is 1.92. The number of primary amides is 1. The Morgan fingerprint density at radius 3 is 2.50 bits per heavy atom. The third kappa shape index (κ3) is 2.12. The molecule has 0 unspecified atom stereocenters. The van der Waals surface area contributed by atoms with E-state index in [4.69, 9.17) is 5.73 Å². The number of hydrogen-bond donors (Lipinski definition) is 1. The first kappa shape index (κ1) is 6.88. The average Bonchev–Trinajstić information content (AvgIpc) is 1.67. The van der Waals surface area contributed by atoms with Crippen molar-refractivity contribution in [3.05, 3.63) is 12.2 Å². The summed E-state index contributed by atoms with van der Waals surface area (Å²) in [6, 6.07) is 0. The minimum Gasteiger partial charge on any atom is -0.366 e. The number of nitrogens with two attached hydrogens (primary N) is 1. The van der Waals surface area contributed by atoms with E-state index in [-0.39, 0.29) is 5.57 Å². The van der Waals surface area contributed by atoms with Gasteiger partial charge in [-0.05, 0) is 0 Å². The maximum Gasteiger partial charge on any atom is 0.249 e. The van der Waals surface area contributed by atoms with Crippen LogP contribution < -0.4 is 5.73 Å². The Morgan fingerprint density at radius 1 is 1.88 bits per heavy atom. The van der Waals surface area contributed by atoms with Gasteiger partial charge < -0.3 is 5.73 Å². The largest absolute Gasteiger partial charge is 0.366 e. The minimum atomic E-state index is -0.532. The Bertz CT molecular complexity index is 137. The highest BCUT2D eigenvalue weighted by molar-refractivity contribution is 6.10. The zero-order chi connectivity index (χ0) is 6.57. The molecule has 2 N–H and O–H groups in total. The molecule has 0 atom stereocenters. The molecule has 3 nitrogen and oxygen atoms in total. The van der Waals surface area contributed by atoms with Crippen LogP contribution in [0.15, 0.2) is 17.1 Å². The Balaban J connectivity index is 3.85. The van der Waals surface area contributed by atoms with Crippen molar-refractivity contribution in [3.63, 3.8) is 0 Å². The molecule has 1 amide bonds. The van der Waals surface area contributed by atoms with Gasteiger partial charge in [-0.3, -0.25) is 9.79 Å². The Hall–Kier alpha value is -1.12. The monoisotopic (exact) mass is 112 g/mol. The fraction of sp³-hybridized carbons (Fsp3) is 0.200. The molecule has 0 fully saturated rings.